The van der Waals surface area contributed by atoms with E-state index in [1.54, 1.807) is 23.1 Å². The molecule has 29 heavy (non-hydrogen) atoms. The molecule has 1 aliphatic heterocycles. The molecule has 0 saturated heterocycles. The Balaban J connectivity index is 0.00000150. The van der Waals surface area contributed by atoms with Gasteiger partial charge in [-0.05, 0) is 11.1 Å². The molecule has 1 aromatic heterocycles. The van der Waals surface area contributed by atoms with Crippen molar-refractivity contribution in [2.24, 2.45) is 7.05 Å². The first-order valence-electron chi connectivity index (χ1n) is 8.32. The van der Waals surface area contributed by atoms with Gasteiger partial charge in [-0.3, -0.25) is 0 Å². The molecule has 0 bridgehead atoms. The van der Waals surface area contributed by atoms with Crippen LogP contribution >= 0.6 is 23.1 Å². The summed E-state index contributed by atoms with van der Waals surface area (Å²) in [4.78, 5) is 3.17. The second kappa shape index (κ2) is 10.1. The van der Waals surface area contributed by atoms with Gasteiger partial charge in [0.2, 0.25) is 0 Å². The maximum atomic E-state index is 11.0. The van der Waals surface area contributed by atoms with Crippen LogP contribution in [0.1, 0.15) is 11.4 Å². The Hall–Kier alpha value is -0.701. The third kappa shape index (κ3) is 5.51. The van der Waals surface area contributed by atoms with Crippen LogP contribution in [0.15, 0.2) is 46.3 Å². The van der Waals surface area contributed by atoms with E-state index in [-0.39, 0.29) is 49.3 Å². The molecule has 0 unspecified atom stereocenters. The fourth-order valence-corrected chi connectivity index (χ4v) is 5.75. The van der Waals surface area contributed by atoms with Crippen LogP contribution in [0.3, 0.4) is 0 Å². The zero-order chi connectivity index (χ0) is 19.0. The van der Waals surface area contributed by atoms with Crippen molar-refractivity contribution in [1.29, 1.82) is 0 Å². The first-order chi connectivity index (χ1) is 12.9. The molecule has 0 saturated carbocycles. The number of rotatable bonds is 5. The van der Waals surface area contributed by atoms with Crippen LogP contribution in [0, 0.1) is 12.1 Å². The molecule has 2 radical (unpaired) electrons. The fraction of sp³-hybridized carbons (Fsp3) is 0.211. The SMILES string of the molecule is C[n+]1c(C=C2Sc3cc[c-]cc3N2CCCS(=O)(=O)[O-])sc2cc[c-]cc21.[V].[V]. The van der Waals surface area contributed by atoms with Crippen LogP contribution < -0.4 is 9.47 Å². The van der Waals surface area contributed by atoms with Crippen molar-refractivity contribution in [3.63, 3.8) is 0 Å². The first-order valence-corrected chi connectivity index (χ1v) is 11.5. The molecule has 150 valence electrons. The number of anilines is 1. The summed E-state index contributed by atoms with van der Waals surface area (Å²) < 4.78 is 36.2. The van der Waals surface area contributed by atoms with Gasteiger partial charge in [-0.2, -0.15) is 36.4 Å². The predicted molar refractivity (Wildman–Crippen MR) is 107 cm³/mol. The first kappa shape index (κ1) is 24.6. The summed E-state index contributed by atoms with van der Waals surface area (Å²) in [6.07, 6.45) is 2.40. The van der Waals surface area contributed by atoms with E-state index in [4.69, 9.17) is 0 Å². The van der Waals surface area contributed by atoms with Gasteiger partial charge in [-0.1, -0.05) is 33.7 Å². The van der Waals surface area contributed by atoms with Crippen molar-refractivity contribution >= 4 is 55.2 Å². The number of hydrogen-bond acceptors (Lipinski definition) is 6. The zero-order valence-electron chi connectivity index (χ0n) is 15.4. The standard InChI is InChI=1S/C19H17N2O3S3.2V/c1-20-14-7-2-4-9-16(14)25-18(20)13-19-21(11-6-12-27(22,23)24)15-8-3-5-10-17(15)26-19;;/h4-5,7-10,13H,6,11-12H2,1H3,(H,22,23,24);;/q-1;;/p-1. The largest absolute Gasteiger partial charge is 0.748 e. The number of fused-ring (bicyclic) bond motifs is 2. The van der Waals surface area contributed by atoms with Crippen LogP contribution in [0.2, 0.25) is 0 Å². The van der Waals surface area contributed by atoms with Crippen LogP contribution in [-0.4, -0.2) is 25.3 Å². The van der Waals surface area contributed by atoms with E-state index in [2.05, 4.69) is 27.7 Å². The Morgan fingerprint density at radius 3 is 2.66 bits per heavy atom. The van der Waals surface area contributed by atoms with Crippen LogP contribution in [0.5, 0.6) is 0 Å². The third-order valence-corrected chi connectivity index (χ3v) is 7.37. The molecule has 0 amide bonds. The molecule has 0 atom stereocenters. The number of thioether (sulfide) groups is 1. The summed E-state index contributed by atoms with van der Waals surface area (Å²) in [5.74, 6) is -0.361. The van der Waals surface area contributed by atoms with Gasteiger partial charge >= 0.3 is 0 Å². The molecule has 5 nitrogen and oxygen atoms in total. The minimum absolute atomic E-state index is 0. The Morgan fingerprint density at radius 1 is 1.21 bits per heavy atom. The summed E-state index contributed by atoms with van der Waals surface area (Å²) in [5.41, 5.74) is 2.11. The number of thiazole rings is 1. The van der Waals surface area contributed by atoms with E-state index < -0.39 is 10.1 Å². The summed E-state index contributed by atoms with van der Waals surface area (Å²) in [7, 11) is -2.19. The van der Waals surface area contributed by atoms with E-state index >= 15 is 0 Å². The van der Waals surface area contributed by atoms with Gasteiger partial charge in [0.1, 0.15) is 12.6 Å². The van der Waals surface area contributed by atoms with Crippen molar-refractivity contribution < 1.29 is 54.6 Å². The van der Waals surface area contributed by atoms with E-state index in [1.807, 2.05) is 43.4 Å². The average molecular weight is 518 g/mol. The molecule has 3 aromatic rings. The van der Waals surface area contributed by atoms with E-state index in [0.29, 0.717) is 6.54 Å². The molecule has 2 heterocycles. The Labute approximate surface area is 202 Å². The van der Waals surface area contributed by atoms with Crippen LogP contribution in [-0.2, 0) is 54.3 Å². The van der Waals surface area contributed by atoms with Gasteiger partial charge in [0.25, 0.3) is 5.01 Å². The quantitative estimate of drug-likeness (QED) is 0.295. The molecule has 4 rings (SSSR count). The fourth-order valence-electron chi connectivity index (χ4n) is 3.02. The normalized spacial score (nSPS) is 14.6. The van der Waals surface area contributed by atoms with Gasteiger partial charge in [-0.25, -0.2) is 13.0 Å². The second-order valence-electron chi connectivity index (χ2n) is 6.14. The summed E-state index contributed by atoms with van der Waals surface area (Å²) in [6.45, 7) is 0.466. The topological polar surface area (TPSA) is 64.3 Å². The molecule has 1 aliphatic rings. The van der Waals surface area contributed by atoms with Gasteiger partial charge in [-0.15, -0.1) is 12.1 Å². The molecular weight excluding hydrogens is 502 g/mol. The molecule has 0 spiro atoms. The predicted octanol–water partition coefficient (Wildman–Crippen LogP) is 3.17. The van der Waals surface area contributed by atoms with Gasteiger partial charge in [0.05, 0.1) is 15.1 Å². The minimum atomic E-state index is -4.21. The van der Waals surface area contributed by atoms with E-state index in [1.165, 1.54) is 4.70 Å². The summed E-state index contributed by atoms with van der Waals surface area (Å²) >= 11 is 3.33. The Bertz CT molecular complexity index is 1150. The van der Waals surface area contributed by atoms with E-state index in [0.717, 1.165) is 26.1 Å². The number of aryl methyl sites for hydroxylation is 1. The zero-order valence-corrected chi connectivity index (χ0v) is 20.6. The van der Waals surface area contributed by atoms with Gasteiger partial charge in [0.15, 0.2) is 0 Å². The number of aromatic nitrogens is 1. The van der Waals surface area contributed by atoms with Gasteiger partial charge in [0, 0.05) is 55.5 Å². The molecule has 0 aliphatic carbocycles. The van der Waals surface area contributed by atoms with Crippen molar-refractivity contribution in [1.82, 2.24) is 0 Å². The molecule has 0 fully saturated rings. The third-order valence-electron chi connectivity index (χ3n) is 4.31. The molecular formula is C19H16N2O3S3V2-2. The summed E-state index contributed by atoms with van der Waals surface area (Å²) in [5, 5.41) is 2.10. The van der Waals surface area contributed by atoms with Crippen LogP contribution in [0.4, 0.5) is 5.69 Å². The number of nitrogens with zero attached hydrogens (tertiary/aromatic N) is 2. The van der Waals surface area contributed by atoms with Crippen molar-refractivity contribution in [3.05, 3.63) is 58.6 Å². The van der Waals surface area contributed by atoms with Crippen molar-refractivity contribution in [2.45, 2.75) is 11.3 Å². The van der Waals surface area contributed by atoms with Gasteiger partial charge < -0.3 is 9.45 Å². The minimum Gasteiger partial charge on any atom is -0.748 e. The van der Waals surface area contributed by atoms with Crippen LogP contribution in [0.25, 0.3) is 16.3 Å². The smallest absolute Gasteiger partial charge is 0.251 e. The molecule has 10 heteroatoms. The van der Waals surface area contributed by atoms with E-state index in [9.17, 15) is 13.0 Å². The second-order valence-corrected chi connectivity index (χ2v) is 9.79. The maximum absolute atomic E-state index is 11.0. The molecule has 2 aromatic carbocycles. The number of hydrogen-bond donors (Lipinski definition) is 0. The number of benzene rings is 2. The summed E-state index contributed by atoms with van der Waals surface area (Å²) in [6, 6.07) is 17.9. The molecule has 0 N–H and O–H groups in total. The monoisotopic (exact) mass is 518 g/mol. The van der Waals surface area contributed by atoms with Crippen molar-refractivity contribution in [3.8, 4) is 0 Å². The van der Waals surface area contributed by atoms with Crippen molar-refractivity contribution in [2.75, 3.05) is 17.2 Å². The Morgan fingerprint density at radius 2 is 1.93 bits per heavy atom. The maximum Gasteiger partial charge on any atom is 0.251 e. The Kier molecular flexibility index (Phi) is 8.53. The average Bonchev–Trinajstić information content (AvgIpc) is 3.13.